The third kappa shape index (κ3) is 2.59. The van der Waals surface area contributed by atoms with Crippen LogP contribution in [0.4, 0.5) is 4.39 Å². The van der Waals surface area contributed by atoms with Gasteiger partial charge in [-0.05, 0) is 49.7 Å². The average molecular weight is 273 g/mol. The predicted octanol–water partition coefficient (Wildman–Crippen LogP) is 3.30. The van der Waals surface area contributed by atoms with E-state index in [1.807, 2.05) is 19.1 Å². The van der Waals surface area contributed by atoms with Crippen molar-refractivity contribution >= 4 is 5.91 Å². The van der Waals surface area contributed by atoms with Crippen molar-refractivity contribution in [2.24, 2.45) is 0 Å². The summed E-state index contributed by atoms with van der Waals surface area (Å²) < 4.78 is 18.7. The number of benzene rings is 1. The lowest BCUT2D eigenvalue weighted by molar-refractivity contribution is -0.119. The molecule has 1 fully saturated rings. The van der Waals surface area contributed by atoms with Crippen LogP contribution in [0.2, 0.25) is 0 Å². The molecular formula is C16H16FNO2. The van der Waals surface area contributed by atoms with Gasteiger partial charge in [-0.15, -0.1) is 0 Å². The van der Waals surface area contributed by atoms with Crippen molar-refractivity contribution in [1.29, 1.82) is 0 Å². The SMILES string of the molecule is CC1(Cc2ccc(-c3ccc(F)cc3)o2)CCC(=O)N1. The van der Waals surface area contributed by atoms with Gasteiger partial charge in [0.15, 0.2) is 0 Å². The van der Waals surface area contributed by atoms with Crippen molar-refractivity contribution in [3.8, 4) is 11.3 Å². The molecule has 1 N–H and O–H groups in total. The van der Waals surface area contributed by atoms with Crippen molar-refractivity contribution < 1.29 is 13.6 Å². The summed E-state index contributed by atoms with van der Waals surface area (Å²) in [7, 11) is 0. The fourth-order valence-electron chi connectivity index (χ4n) is 2.61. The first-order valence-electron chi connectivity index (χ1n) is 6.70. The molecule has 20 heavy (non-hydrogen) atoms. The van der Waals surface area contributed by atoms with Crippen LogP contribution >= 0.6 is 0 Å². The molecule has 0 radical (unpaired) electrons. The molecular weight excluding hydrogens is 257 g/mol. The number of amides is 1. The highest BCUT2D eigenvalue weighted by atomic mass is 19.1. The summed E-state index contributed by atoms with van der Waals surface area (Å²) in [6.45, 7) is 2.03. The fraction of sp³-hybridized carbons (Fsp3) is 0.312. The molecule has 2 heterocycles. The van der Waals surface area contributed by atoms with Crippen molar-refractivity contribution in [3.05, 3.63) is 48.0 Å². The summed E-state index contributed by atoms with van der Waals surface area (Å²) in [5.74, 6) is 1.38. The molecule has 1 aliphatic rings. The molecule has 1 aromatic carbocycles. The maximum atomic E-state index is 12.9. The summed E-state index contributed by atoms with van der Waals surface area (Å²) in [4.78, 5) is 11.3. The van der Waals surface area contributed by atoms with Crippen LogP contribution in [0.15, 0.2) is 40.8 Å². The Kier molecular flexibility index (Phi) is 3.08. The molecule has 1 amide bonds. The van der Waals surface area contributed by atoms with E-state index in [9.17, 15) is 9.18 Å². The highest BCUT2D eigenvalue weighted by Crippen LogP contribution is 2.28. The van der Waals surface area contributed by atoms with Gasteiger partial charge in [0.25, 0.3) is 0 Å². The van der Waals surface area contributed by atoms with Crippen LogP contribution in [0.5, 0.6) is 0 Å². The lowest BCUT2D eigenvalue weighted by Gasteiger charge is -2.22. The number of carbonyl (C=O) groups is 1. The van der Waals surface area contributed by atoms with E-state index in [2.05, 4.69) is 5.32 Å². The minimum Gasteiger partial charge on any atom is -0.461 e. The number of rotatable bonds is 3. The van der Waals surface area contributed by atoms with E-state index in [4.69, 9.17) is 4.42 Å². The summed E-state index contributed by atoms with van der Waals surface area (Å²) in [5, 5.41) is 2.99. The molecule has 1 aromatic heterocycles. The lowest BCUT2D eigenvalue weighted by atomic mass is 9.95. The maximum absolute atomic E-state index is 12.9. The average Bonchev–Trinajstić information content (AvgIpc) is 2.98. The largest absolute Gasteiger partial charge is 0.461 e. The van der Waals surface area contributed by atoms with Gasteiger partial charge in [0.05, 0.1) is 0 Å². The Labute approximate surface area is 116 Å². The van der Waals surface area contributed by atoms with Crippen molar-refractivity contribution in [1.82, 2.24) is 5.32 Å². The van der Waals surface area contributed by atoms with Gasteiger partial charge in [-0.3, -0.25) is 4.79 Å². The molecule has 4 heteroatoms. The maximum Gasteiger partial charge on any atom is 0.220 e. The number of halogens is 1. The summed E-state index contributed by atoms with van der Waals surface area (Å²) >= 11 is 0. The van der Waals surface area contributed by atoms with Gasteiger partial charge in [-0.25, -0.2) is 4.39 Å². The topological polar surface area (TPSA) is 42.2 Å². The summed E-state index contributed by atoms with van der Waals surface area (Å²) in [6, 6.07) is 10.00. The molecule has 3 rings (SSSR count). The van der Waals surface area contributed by atoms with Crippen molar-refractivity contribution in [3.63, 3.8) is 0 Å². The minimum absolute atomic E-state index is 0.0952. The summed E-state index contributed by atoms with van der Waals surface area (Å²) in [5.41, 5.74) is 0.618. The number of hydrogen-bond acceptors (Lipinski definition) is 2. The quantitative estimate of drug-likeness (QED) is 0.932. The fourth-order valence-corrected chi connectivity index (χ4v) is 2.61. The first kappa shape index (κ1) is 12.9. The van der Waals surface area contributed by atoms with Gasteiger partial charge in [-0.1, -0.05) is 0 Å². The first-order valence-corrected chi connectivity index (χ1v) is 6.70. The Hall–Kier alpha value is -2.10. The Bertz CT molecular complexity index is 632. The van der Waals surface area contributed by atoms with Gasteiger partial charge in [-0.2, -0.15) is 0 Å². The second kappa shape index (κ2) is 4.78. The molecule has 0 saturated carbocycles. The Morgan fingerprint density at radius 3 is 2.65 bits per heavy atom. The zero-order valence-electron chi connectivity index (χ0n) is 11.3. The van der Waals surface area contributed by atoms with Crippen LogP contribution < -0.4 is 5.32 Å². The lowest BCUT2D eigenvalue weighted by Crippen LogP contribution is -2.40. The normalized spacial score (nSPS) is 22.0. The predicted molar refractivity (Wildman–Crippen MR) is 73.6 cm³/mol. The van der Waals surface area contributed by atoms with Crippen LogP contribution in [0.3, 0.4) is 0 Å². The van der Waals surface area contributed by atoms with E-state index in [-0.39, 0.29) is 17.3 Å². The van der Waals surface area contributed by atoms with Crippen LogP contribution in [0, 0.1) is 5.82 Å². The third-order valence-corrected chi connectivity index (χ3v) is 3.70. The molecule has 1 atom stereocenters. The standard InChI is InChI=1S/C16H16FNO2/c1-16(9-8-15(19)18-16)10-13-6-7-14(20-13)11-2-4-12(17)5-3-11/h2-7H,8-10H2,1H3,(H,18,19). The Balaban J connectivity index is 1.77. The van der Waals surface area contributed by atoms with Crippen molar-refractivity contribution in [2.45, 2.75) is 31.7 Å². The molecule has 3 nitrogen and oxygen atoms in total. The second-order valence-corrected chi connectivity index (χ2v) is 5.56. The van der Waals surface area contributed by atoms with Crippen LogP contribution in [0.25, 0.3) is 11.3 Å². The zero-order chi connectivity index (χ0) is 14.2. The Morgan fingerprint density at radius 1 is 1.25 bits per heavy atom. The monoisotopic (exact) mass is 273 g/mol. The van der Waals surface area contributed by atoms with E-state index in [0.717, 1.165) is 17.7 Å². The number of carbonyl (C=O) groups excluding carboxylic acids is 1. The van der Waals surface area contributed by atoms with E-state index in [0.29, 0.717) is 18.6 Å². The van der Waals surface area contributed by atoms with Gasteiger partial charge in [0.1, 0.15) is 17.3 Å². The molecule has 2 aromatic rings. The molecule has 1 unspecified atom stereocenters. The van der Waals surface area contributed by atoms with Gasteiger partial charge >= 0.3 is 0 Å². The molecule has 0 aliphatic carbocycles. The number of furan rings is 1. The van der Waals surface area contributed by atoms with Crippen LogP contribution in [-0.2, 0) is 11.2 Å². The van der Waals surface area contributed by atoms with E-state index >= 15 is 0 Å². The highest BCUT2D eigenvalue weighted by Gasteiger charge is 2.33. The van der Waals surface area contributed by atoms with Gasteiger partial charge in [0.2, 0.25) is 5.91 Å². The van der Waals surface area contributed by atoms with E-state index < -0.39 is 0 Å². The molecule has 0 spiro atoms. The smallest absolute Gasteiger partial charge is 0.220 e. The number of hydrogen-bond donors (Lipinski definition) is 1. The van der Waals surface area contributed by atoms with E-state index in [1.54, 1.807) is 12.1 Å². The second-order valence-electron chi connectivity index (χ2n) is 5.56. The van der Waals surface area contributed by atoms with E-state index in [1.165, 1.54) is 12.1 Å². The van der Waals surface area contributed by atoms with Crippen molar-refractivity contribution in [2.75, 3.05) is 0 Å². The first-order chi connectivity index (χ1) is 9.54. The molecule has 1 aliphatic heterocycles. The highest BCUT2D eigenvalue weighted by molar-refractivity contribution is 5.79. The third-order valence-electron chi connectivity index (χ3n) is 3.70. The minimum atomic E-state index is -0.262. The van der Waals surface area contributed by atoms with Crippen LogP contribution in [0.1, 0.15) is 25.5 Å². The van der Waals surface area contributed by atoms with Crippen LogP contribution in [-0.4, -0.2) is 11.4 Å². The van der Waals surface area contributed by atoms with Gasteiger partial charge < -0.3 is 9.73 Å². The molecule has 104 valence electrons. The number of nitrogens with one attached hydrogen (secondary N) is 1. The molecule has 0 bridgehead atoms. The Morgan fingerprint density at radius 2 is 2.00 bits per heavy atom. The molecule has 1 saturated heterocycles. The van der Waals surface area contributed by atoms with Gasteiger partial charge in [0, 0.05) is 23.9 Å². The summed E-state index contributed by atoms with van der Waals surface area (Å²) in [6.07, 6.45) is 2.06. The zero-order valence-corrected chi connectivity index (χ0v) is 11.3.